The molecule has 4 heterocycles. The molecule has 0 radical (unpaired) electrons. The van der Waals surface area contributed by atoms with Crippen LogP contribution in [0.25, 0.3) is 5.76 Å². The van der Waals surface area contributed by atoms with Crippen molar-refractivity contribution >= 4 is 23.1 Å². The van der Waals surface area contributed by atoms with E-state index in [1.165, 1.54) is 4.90 Å². The van der Waals surface area contributed by atoms with Gasteiger partial charge in [0.15, 0.2) is 0 Å². The van der Waals surface area contributed by atoms with Crippen molar-refractivity contribution in [2.24, 2.45) is 0 Å². The molecule has 8 heteroatoms. The monoisotopic (exact) mass is 442 g/mol. The number of Topliss-reactive ketones (excluding diaryl/α,β-unsaturated/α-hetero) is 1. The molecule has 0 aliphatic carbocycles. The van der Waals surface area contributed by atoms with Gasteiger partial charge in [0.25, 0.3) is 11.7 Å². The molecule has 2 aliphatic heterocycles. The van der Waals surface area contributed by atoms with Crippen LogP contribution in [-0.2, 0) is 16.1 Å². The number of ketones is 1. The number of hydrogen-bond acceptors (Lipinski definition) is 7. The van der Waals surface area contributed by atoms with Crippen LogP contribution < -0.4 is 9.64 Å². The summed E-state index contributed by atoms with van der Waals surface area (Å²) in [5.74, 6) is -0.943. The molecule has 1 saturated heterocycles. The Hall–Kier alpha value is -4.20. The molecule has 166 valence electrons. The number of ether oxygens (including phenoxy) is 1. The molecular weight excluding hydrogens is 420 g/mol. The molecule has 1 fully saturated rings. The lowest BCUT2D eigenvalue weighted by molar-refractivity contribution is -0.140. The molecule has 5 rings (SSSR count). The Kier molecular flexibility index (Phi) is 5.26. The largest absolute Gasteiger partial charge is 0.507 e. The number of carbonyl (C=O) groups is 2. The Morgan fingerprint density at radius 2 is 2.03 bits per heavy atom. The van der Waals surface area contributed by atoms with Crippen LogP contribution in [0.2, 0.25) is 0 Å². The average Bonchev–Trinajstić information content (AvgIpc) is 3.10. The van der Waals surface area contributed by atoms with Crippen molar-refractivity contribution in [3.63, 3.8) is 0 Å². The first kappa shape index (κ1) is 20.7. The van der Waals surface area contributed by atoms with Gasteiger partial charge in [-0.25, -0.2) is 0 Å². The zero-order chi connectivity index (χ0) is 22.9. The topological polar surface area (TPSA) is 95.9 Å². The molecule has 33 heavy (non-hydrogen) atoms. The van der Waals surface area contributed by atoms with Crippen LogP contribution >= 0.6 is 0 Å². The van der Waals surface area contributed by atoms with Crippen molar-refractivity contribution in [3.05, 3.63) is 89.5 Å². The number of aromatic nitrogens is 2. The Morgan fingerprint density at radius 1 is 1.15 bits per heavy atom. The second-order valence-electron chi connectivity index (χ2n) is 7.99. The van der Waals surface area contributed by atoms with Crippen LogP contribution in [0.4, 0.5) is 5.69 Å². The van der Waals surface area contributed by atoms with Crippen LogP contribution in [0.5, 0.6) is 5.75 Å². The highest BCUT2D eigenvalue weighted by atomic mass is 16.5. The Labute approximate surface area is 190 Å². The first-order valence-electron chi connectivity index (χ1n) is 10.6. The van der Waals surface area contributed by atoms with E-state index in [1.54, 1.807) is 61.1 Å². The molecule has 1 atom stereocenters. The number of carbonyl (C=O) groups excluding carboxylic acids is 2. The quantitative estimate of drug-likeness (QED) is 0.377. The van der Waals surface area contributed by atoms with Crippen molar-refractivity contribution < 1.29 is 19.4 Å². The summed E-state index contributed by atoms with van der Waals surface area (Å²) >= 11 is 0. The maximum absolute atomic E-state index is 13.2. The number of likely N-dealkylation sites (tertiary alicyclic amines) is 1. The minimum atomic E-state index is -0.786. The number of aliphatic hydroxyl groups is 1. The van der Waals surface area contributed by atoms with Crippen LogP contribution in [-0.4, -0.2) is 51.9 Å². The molecule has 2 aromatic heterocycles. The van der Waals surface area contributed by atoms with Gasteiger partial charge in [-0.2, -0.15) is 0 Å². The molecule has 1 amide bonds. The minimum Gasteiger partial charge on any atom is -0.507 e. The van der Waals surface area contributed by atoms with E-state index in [9.17, 15) is 14.7 Å². The van der Waals surface area contributed by atoms with E-state index in [0.29, 0.717) is 35.7 Å². The predicted octanol–water partition coefficient (Wildman–Crippen LogP) is 2.93. The lowest BCUT2D eigenvalue weighted by atomic mass is 9.96. The fourth-order valence-electron chi connectivity index (χ4n) is 4.25. The van der Waals surface area contributed by atoms with Crippen molar-refractivity contribution in [2.45, 2.75) is 12.6 Å². The minimum absolute atomic E-state index is 0.0308. The van der Waals surface area contributed by atoms with E-state index in [-0.39, 0.29) is 17.9 Å². The van der Waals surface area contributed by atoms with Gasteiger partial charge in [0, 0.05) is 31.2 Å². The third-order valence-corrected chi connectivity index (χ3v) is 5.93. The molecule has 2 aliphatic rings. The summed E-state index contributed by atoms with van der Waals surface area (Å²) in [5.41, 5.74) is 2.55. The number of pyridine rings is 2. The number of amides is 1. The fraction of sp³-hybridized carbons (Fsp3) is 0.200. The van der Waals surface area contributed by atoms with Gasteiger partial charge in [-0.1, -0.05) is 12.1 Å². The van der Waals surface area contributed by atoms with Crippen molar-refractivity contribution in [1.29, 1.82) is 0 Å². The van der Waals surface area contributed by atoms with Crippen LogP contribution in [0.3, 0.4) is 0 Å². The van der Waals surface area contributed by atoms with E-state index in [2.05, 4.69) is 9.97 Å². The normalized spacial score (nSPS) is 19.4. The summed E-state index contributed by atoms with van der Waals surface area (Å²) in [4.78, 5) is 38.2. The molecule has 0 saturated carbocycles. The summed E-state index contributed by atoms with van der Waals surface area (Å²) in [6.45, 7) is 1.42. The first-order valence-corrected chi connectivity index (χ1v) is 10.6. The maximum Gasteiger partial charge on any atom is 0.296 e. The van der Waals surface area contributed by atoms with E-state index in [0.717, 1.165) is 5.69 Å². The zero-order valence-corrected chi connectivity index (χ0v) is 18.0. The average molecular weight is 442 g/mol. The smallest absolute Gasteiger partial charge is 0.296 e. The number of nitrogens with zero attached hydrogens (tertiary/aromatic N) is 4. The first-order chi connectivity index (χ1) is 16.0. The van der Waals surface area contributed by atoms with Gasteiger partial charge in [0.2, 0.25) is 0 Å². The summed E-state index contributed by atoms with van der Waals surface area (Å²) in [7, 11) is 1.94. The van der Waals surface area contributed by atoms with Crippen molar-refractivity contribution in [2.75, 3.05) is 25.1 Å². The summed E-state index contributed by atoms with van der Waals surface area (Å²) in [6, 6.07) is 13.4. The second kappa shape index (κ2) is 8.38. The molecule has 0 bridgehead atoms. The highest BCUT2D eigenvalue weighted by Gasteiger charge is 2.46. The molecular formula is C25H22N4O4. The number of fused-ring (bicyclic) bond motifs is 1. The van der Waals surface area contributed by atoms with E-state index in [1.807, 2.05) is 18.0 Å². The molecule has 1 aromatic carbocycles. The molecule has 3 aromatic rings. The van der Waals surface area contributed by atoms with Crippen LogP contribution in [0.1, 0.15) is 22.9 Å². The maximum atomic E-state index is 13.2. The number of likely N-dealkylation sites (N-methyl/N-ethyl adjacent to an activating group) is 1. The SMILES string of the molecule is CN1CCOc2ccc(/C(O)=C3/C(=O)C(=O)N(Cc4ccccn4)C3c3cccnc3)cc21. The number of anilines is 1. The van der Waals surface area contributed by atoms with Crippen LogP contribution in [0, 0.1) is 0 Å². The zero-order valence-electron chi connectivity index (χ0n) is 18.0. The van der Waals surface area contributed by atoms with Crippen molar-refractivity contribution in [3.8, 4) is 5.75 Å². The van der Waals surface area contributed by atoms with E-state index < -0.39 is 17.7 Å². The summed E-state index contributed by atoms with van der Waals surface area (Å²) < 4.78 is 5.68. The van der Waals surface area contributed by atoms with Gasteiger partial charge in [-0.05, 0) is 42.0 Å². The number of hydrogen-bond donors (Lipinski definition) is 1. The third-order valence-electron chi connectivity index (χ3n) is 5.93. The lowest BCUT2D eigenvalue weighted by Gasteiger charge is -2.28. The molecule has 0 spiro atoms. The lowest BCUT2D eigenvalue weighted by Crippen LogP contribution is -2.29. The van der Waals surface area contributed by atoms with Gasteiger partial charge in [0.05, 0.1) is 36.1 Å². The number of aliphatic hydroxyl groups excluding tert-OH is 1. The Bertz CT molecular complexity index is 1240. The standard InChI is InChI=1S/C25H22N4O4/c1-28-11-12-33-20-8-7-16(13-19(20)28)23(30)21-22(17-5-4-9-26-14-17)29(25(32)24(21)31)15-18-6-2-3-10-27-18/h2-10,13-14,22,30H,11-12,15H2,1H3/b23-21-. The Balaban J connectivity index is 1.63. The fourth-order valence-corrected chi connectivity index (χ4v) is 4.25. The van der Waals surface area contributed by atoms with E-state index in [4.69, 9.17) is 4.74 Å². The van der Waals surface area contributed by atoms with Crippen molar-refractivity contribution in [1.82, 2.24) is 14.9 Å². The van der Waals surface area contributed by atoms with Gasteiger partial charge < -0.3 is 19.6 Å². The van der Waals surface area contributed by atoms with E-state index >= 15 is 0 Å². The number of rotatable bonds is 4. The molecule has 1 unspecified atom stereocenters. The molecule has 8 nitrogen and oxygen atoms in total. The number of benzene rings is 1. The highest BCUT2D eigenvalue weighted by molar-refractivity contribution is 6.46. The van der Waals surface area contributed by atoms with Gasteiger partial charge >= 0.3 is 0 Å². The van der Waals surface area contributed by atoms with Gasteiger partial charge in [-0.15, -0.1) is 0 Å². The Morgan fingerprint density at radius 3 is 2.79 bits per heavy atom. The predicted molar refractivity (Wildman–Crippen MR) is 122 cm³/mol. The second-order valence-corrected chi connectivity index (χ2v) is 7.99. The van der Waals surface area contributed by atoms with Gasteiger partial charge in [-0.3, -0.25) is 19.6 Å². The summed E-state index contributed by atoms with van der Waals surface area (Å²) in [6.07, 6.45) is 4.86. The molecule has 1 N–H and O–H groups in total. The summed E-state index contributed by atoms with van der Waals surface area (Å²) in [5, 5.41) is 11.3. The third kappa shape index (κ3) is 3.69. The van der Waals surface area contributed by atoms with Crippen LogP contribution in [0.15, 0.2) is 72.7 Å². The van der Waals surface area contributed by atoms with Gasteiger partial charge in [0.1, 0.15) is 18.1 Å². The highest BCUT2D eigenvalue weighted by Crippen LogP contribution is 2.41.